The molecule has 0 aliphatic heterocycles. The number of sulfonamides is 1. The van der Waals surface area contributed by atoms with Crippen LogP contribution < -0.4 is 4.72 Å². The average molecular weight is 437 g/mol. The van der Waals surface area contributed by atoms with Crippen molar-refractivity contribution in [2.75, 3.05) is 0 Å². The van der Waals surface area contributed by atoms with Gasteiger partial charge in [0.1, 0.15) is 6.04 Å². The summed E-state index contributed by atoms with van der Waals surface area (Å²) in [4.78, 5) is 11.7. The fraction of sp³-hybridized carbons (Fsp3) is 0.167. The summed E-state index contributed by atoms with van der Waals surface area (Å²) in [6.45, 7) is 7.66. The minimum Gasteiger partial charge on any atom is -0.264 e. The van der Waals surface area contributed by atoms with Gasteiger partial charge < -0.3 is 0 Å². The maximum atomic E-state index is 13.1. The van der Waals surface area contributed by atoms with Gasteiger partial charge in [-0.3, -0.25) is 10.1 Å². The molecule has 0 spiro atoms. The van der Waals surface area contributed by atoms with Crippen LogP contribution in [0.1, 0.15) is 28.3 Å². The number of rotatable bonds is 8. The molecule has 0 aromatic heterocycles. The highest BCUT2D eigenvalue weighted by Crippen LogP contribution is 2.31. The molecule has 0 saturated carbocycles. The smallest absolute Gasteiger partial charge is 0.258 e. The Kier molecular flexibility index (Phi) is 6.68. The van der Waals surface area contributed by atoms with Crippen LogP contribution >= 0.6 is 0 Å². The Balaban J connectivity index is 2.10. The zero-order chi connectivity index (χ0) is 22.6. The molecule has 0 amide bonds. The molecular formula is C24H24N2O4S. The first-order chi connectivity index (χ1) is 14.7. The Morgan fingerprint density at radius 1 is 0.935 bits per heavy atom. The van der Waals surface area contributed by atoms with Crippen LogP contribution in [0.3, 0.4) is 0 Å². The molecule has 0 unspecified atom stereocenters. The molecule has 3 aromatic rings. The topological polar surface area (TPSA) is 89.3 Å². The van der Waals surface area contributed by atoms with Crippen LogP contribution in [0.25, 0.3) is 5.57 Å². The van der Waals surface area contributed by atoms with Crippen molar-refractivity contribution in [3.63, 3.8) is 0 Å². The molecular weight excluding hydrogens is 412 g/mol. The van der Waals surface area contributed by atoms with Crippen molar-refractivity contribution >= 4 is 15.6 Å². The maximum Gasteiger partial charge on any atom is 0.258 e. The predicted molar refractivity (Wildman–Crippen MR) is 122 cm³/mol. The van der Waals surface area contributed by atoms with Crippen molar-refractivity contribution < 1.29 is 13.3 Å². The third kappa shape index (κ3) is 5.25. The molecule has 2 atom stereocenters. The number of benzene rings is 3. The van der Waals surface area contributed by atoms with E-state index < -0.39 is 27.0 Å². The summed E-state index contributed by atoms with van der Waals surface area (Å²) >= 11 is 0. The van der Waals surface area contributed by atoms with Crippen molar-refractivity contribution in [1.82, 2.24) is 4.72 Å². The first kappa shape index (κ1) is 22.4. The van der Waals surface area contributed by atoms with Gasteiger partial charge in [0, 0.05) is 10.5 Å². The van der Waals surface area contributed by atoms with Crippen molar-refractivity contribution in [1.29, 1.82) is 0 Å². The average Bonchev–Trinajstić information content (AvgIpc) is 2.74. The number of hydrogen-bond donors (Lipinski definition) is 1. The van der Waals surface area contributed by atoms with Crippen molar-refractivity contribution in [2.24, 2.45) is 0 Å². The largest absolute Gasteiger partial charge is 0.264 e. The van der Waals surface area contributed by atoms with Gasteiger partial charge in [-0.15, -0.1) is 0 Å². The third-order valence-electron chi connectivity index (χ3n) is 5.06. The van der Waals surface area contributed by atoms with Crippen LogP contribution in [0.4, 0.5) is 0 Å². The first-order valence-electron chi connectivity index (χ1n) is 9.72. The lowest BCUT2D eigenvalue weighted by Crippen LogP contribution is -2.40. The number of nitrogens with zero attached hydrogens (tertiary/aromatic N) is 1. The molecule has 0 saturated heterocycles. The van der Waals surface area contributed by atoms with Gasteiger partial charge in [-0.25, -0.2) is 8.42 Å². The Morgan fingerprint density at radius 3 is 2.16 bits per heavy atom. The molecule has 160 valence electrons. The van der Waals surface area contributed by atoms with Gasteiger partial charge in [0.15, 0.2) is 0 Å². The van der Waals surface area contributed by atoms with Gasteiger partial charge in [0.25, 0.3) is 6.04 Å². The second-order valence-corrected chi connectivity index (χ2v) is 9.16. The molecule has 0 aliphatic rings. The van der Waals surface area contributed by atoms with Gasteiger partial charge in [-0.05, 0) is 37.1 Å². The molecule has 0 bridgehead atoms. The quantitative estimate of drug-likeness (QED) is 0.410. The SMILES string of the molecule is C=C(c1ccccc1)[C@H]([C@H](NS(=O)(=O)c1ccc(C)cc1)c1cccc(C)c1)[N+](=O)[O-]. The zero-order valence-electron chi connectivity index (χ0n) is 17.4. The van der Waals surface area contributed by atoms with Gasteiger partial charge in [-0.2, -0.15) is 4.72 Å². The molecule has 3 rings (SSSR count). The second kappa shape index (κ2) is 9.24. The lowest BCUT2D eigenvalue weighted by molar-refractivity contribution is -0.510. The highest BCUT2D eigenvalue weighted by Gasteiger charge is 2.39. The summed E-state index contributed by atoms with van der Waals surface area (Å²) in [5.74, 6) is 0. The van der Waals surface area contributed by atoms with E-state index in [0.717, 1.165) is 11.1 Å². The van der Waals surface area contributed by atoms with Gasteiger partial charge in [0.05, 0.1) is 4.90 Å². The molecule has 31 heavy (non-hydrogen) atoms. The van der Waals surface area contributed by atoms with Crippen molar-refractivity contribution in [3.8, 4) is 0 Å². The monoisotopic (exact) mass is 436 g/mol. The van der Waals surface area contributed by atoms with E-state index in [1.807, 2.05) is 19.9 Å². The summed E-state index contributed by atoms with van der Waals surface area (Å²) in [6.07, 6.45) is 0. The van der Waals surface area contributed by atoms with Gasteiger partial charge >= 0.3 is 0 Å². The number of aryl methyl sites for hydroxylation is 2. The van der Waals surface area contributed by atoms with Gasteiger partial charge in [0.2, 0.25) is 10.0 Å². The number of nitro groups is 1. The minimum absolute atomic E-state index is 0.0446. The fourth-order valence-electron chi connectivity index (χ4n) is 3.40. The Labute approximate surface area is 182 Å². The highest BCUT2D eigenvalue weighted by atomic mass is 32.2. The van der Waals surface area contributed by atoms with Gasteiger partial charge in [-0.1, -0.05) is 84.4 Å². The van der Waals surface area contributed by atoms with E-state index in [4.69, 9.17) is 0 Å². The molecule has 1 N–H and O–H groups in total. The molecule has 0 radical (unpaired) electrons. The zero-order valence-corrected chi connectivity index (χ0v) is 18.2. The van der Waals surface area contributed by atoms with E-state index in [-0.39, 0.29) is 10.5 Å². The number of hydrogen-bond acceptors (Lipinski definition) is 4. The summed E-state index contributed by atoms with van der Waals surface area (Å²) in [5.41, 5.74) is 3.08. The van der Waals surface area contributed by atoms with E-state index in [9.17, 15) is 18.5 Å². The first-order valence-corrected chi connectivity index (χ1v) is 11.2. The maximum absolute atomic E-state index is 13.1. The normalized spacial score (nSPS) is 13.4. The van der Waals surface area contributed by atoms with Crippen LogP contribution in [-0.2, 0) is 10.0 Å². The Hall–Kier alpha value is -3.29. The van der Waals surface area contributed by atoms with Crippen LogP contribution in [0.15, 0.2) is 90.3 Å². The van der Waals surface area contributed by atoms with E-state index in [1.165, 1.54) is 12.1 Å². The second-order valence-electron chi connectivity index (χ2n) is 7.45. The van der Waals surface area contributed by atoms with Crippen molar-refractivity contribution in [3.05, 3.63) is 118 Å². The molecule has 6 nitrogen and oxygen atoms in total. The fourth-order valence-corrected chi connectivity index (χ4v) is 4.63. The van der Waals surface area contributed by atoms with Crippen LogP contribution in [0.5, 0.6) is 0 Å². The summed E-state index contributed by atoms with van der Waals surface area (Å²) < 4.78 is 28.8. The van der Waals surface area contributed by atoms with Crippen LogP contribution in [-0.4, -0.2) is 19.4 Å². The molecule has 0 fully saturated rings. The van der Waals surface area contributed by atoms with Crippen LogP contribution in [0, 0.1) is 24.0 Å². The van der Waals surface area contributed by atoms with E-state index in [0.29, 0.717) is 11.1 Å². The van der Waals surface area contributed by atoms with E-state index in [1.54, 1.807) is 60.7 Å². The molecule has 0 aliphatic carbocycles. The molecule has 7 heteroatoms. The van der Waals surface area contributed by atoms with Crippen LogP contribution in [0.2, 0.25) is 0 Å². The van der Waals surface area contributed by atoms with E-state index >= 15 is 0 Å². The molecule has 0 heterocycles. The Morgan fingerprint density at radius 2 is 1.58 bits per heavy atom. The standard InChI is InChI=1S/C24H24N2O4S/c1-17-12-14-22(15-13-17)31(29,30)25-23(21-11-7-8-18(2)16-21)24(26(27)28)19(3)20-9-5-4-6-10-20/h4-16,23-25H,3H2,1-2H3/t23-,24-/m1/s1. The minimum atomic E-state index is -4.03. The number of nitrogens with one attached hydrogen (secondary N) is 1. The van der Waals surface area contributed by atoms with Crippen molar-refractivity contribution in [2.45, 2.75) is 30.8 Å². The summed E-state index contributed by atoms with van der Waals surface area (Å²) in [6, 6.07) is 19.6. The third-order valence-corrected chi connectivity index (χ3v) is 6.52. The Bertz CT molecular complexity index is 1190. The highest BCUT2D eigenvalue weighted by molar-refractivity contribution is 7.89. The lowest BCUT2D eigenvalue weighted by Gasteiger charge is -2.24. The molecule has 3 aromatic carbocycles. The van der Waals surface area contributed by atoms with E-state index in [2.05, 4.69) is 11.3 Å². The summed E-state index contributed by atoms with van der Waals surface area (Å²) in [5, 5.41) is 12.2. The lowest BCUT2D eigenvalue weighted by atomic mass is 9.90. The summed E-state index contributed by atoms with van der Waals surface area (Å²) in [7, 11) is -4.03. The predicted octanol–water partition coefficient (Wildman–Crippen LogP) is 4.68.